The van der Waals surface area contributed by atoms with E-state index in [1.807, 2.05) is 0 Å². The third-order valence-corrected chi connectivity index (χ3v) is 2.17. The Morgan fingerprint density at radius 1 is 1.25 bits per heavy atom. The fourth-order valence-electron chi connectivity index (χ4n) is 1.16. The lowest BCUT2D eigenvalue weighted by Gasteiger charge is -2.05. The minimum atomic E-state index is -0.166. The molecule has 16 heavy (non-hydrogen) atoms. The molecule has 0 aromatic heterocycles. The molecule has 1 rings (SSSR count). The van der Waals surface area contributed by atoms with Gasteiger partial charge in [0.1, 0.15) is 0 Å². The Labute approximate surface area is 99.8 Å². The molecule has 0 aliphatic carbocycles. The number of rotatable bonds is 4. The maximum Gasteiger partial charge on any atom is 0.251 e. The summed E-state index contributed by atoms with van der Waals surface area (Å²) in [6.45, 7) is 2.28. The van der Waals surface area contributed by atoms with Crippen molar-refractivity contribution in [1.82, 2.24) is 10.6 Å². The molecule has 4 nitrogen and oxygen atoms in total. The second-order valence-electron chi connectivity index (χ2n) is 3.29. The lowest BCUT2D eigenvalue weighted by molar-refractivity contribution is -0.118. The zero-order chi connectivity index (χ0) is 12.0. The van der Waals surface area contributed by atoms with Crippen LogP contribution in [0.25, 0.3) is 0 Å². The summed E-state index contributed by atoms with van der Waals surface area (Å²) in [6.07, 6.45) is 0. The van der Waals surface area contributed by atoms with Crippen molar-refractivity contribution >= 4 is 24.4 Å². The van der Waals surface area contributed by atoms with Crippen LogP contribution in [0.2, 0.25) is 0 Å². The monoisotopic (exact) mass is 238 g/mol. The van der Waals surface area contributed by atoms with Crippen molar-refractivity contribution in [3.05, 3.63) is 29.8 Å². The third kappa shape index (κ3) is 4.35. The molecule has 0 atom stereocenters. The van der Waals surface area contributed by atoms with Crippen LogP contribution < -0.4 is 10.6 Å². The number of thiol groups is 1. The van der Waals surface area contributed by atoms with Gasteiger partial charge in [-0.1, -0.05) is 6.07 Å². The van der Waals surface area contributed by atoms with Crippen LogP contribution in [0.15, 0.2) is 29.2 Å². The average molecular weight is 238 g/mol. The largest absolute Gasteiger partial charge is 0.355 e. The summed E-state index contributed by atoms with van der Waals surface area (Å²) in [5.74, 6) is -0.271. The van der Waals surface area contributed by atoms with Gasteiger partial charge in [0.25, 0.3) is 5.91 Å². The number of hydrogen-bond donors (Lipinski definition) is 3. The molecule has 0 radical (unpaired) electrons. The molecule has 86 valence electrons. The maximum atomic E-state index is 11.6. The second-order valence-corrected chi connectivity index (χ2v) is 3.81. The van der Waals surface area contributed by atoms with Crippen molar-refractivity contribution in [1.29, 1.82) is 0 Å². The Balaban J connectivity index is 2.38. The first-order valence-corrected chi connectivity index (χ1v) is 5.36. The molecule has 2 N–H and O–H groups in total. The highest BCUT2D eigenvalue weighted by Gasteiger charge is 2.04. The van der Waals surface area contributed by atoms with E-state index in [0.29, 0.717) is 18.7 Å². The lowest BCUT2D eigenvalue weighted by atomic mass is 10.2. The van der Waals surface area contributed by atoms with E-state index >= 15 is 0 Å². The van der Waals surface area contributed by atoms with Gasteiger partial charge in [0, 0.05) is 30.5 Å². The molecule has 0 bridgehead atoms. The van der Waals surface area contributed by atoms with E-state index < -0.39 is 0 Å². The normalized spacial score (nSPS) is 9.62. The quantitative estimate of drug-likeness (QED) is 0.538. The van der Waals surface area contributed by atoms with Crippen LogP contribution in [-0.4, -0.2) is 24.9 Å². The van der Waals surface area contributed by atoms with Crippen LogP contribution in [0.3, 0.4) is 0 Å². The molecule has 0 aliphatic heterocycles. The highest BCUT2D eigenvalue weighted by atomic mass is 32.1. The molecule has 0 spiro atoms. The van der Waals surface area contributed by atoms with Gasteiger partial charge in [0.05, 0.1) is 0 Å². The Bertz CT molecular complexity index is 393. The predicted octanol–water partition coefficient (Wildman–Crippen LogP) is 0.841. The van der Waals surface area contributed by atoms with E-state index in [1.54, 1.807) is 24.3 Å². The standard InChI is InChI=1S/C11H14N2O2S/c1-8(14)12-5-6-13-11(15)9-3-2-4-10(16)7-9/h2-4,7,16H,5-6H2,1H3,(H,12,14)(H,13,15). The first kappa shape index (κ1) is 12.6. The van der Waals surface area contributed by atoms with E-state index in [2.05, 4.69) is 23.3 Å². The van der Waals surface area contributed by atoms with Crippen LogP contribution in [0.4, 0.5) is 0 Å². The Hall–Kier alpha value is -1.49. The minimum absolute atomic E-state index is 0.105. The maximum absolute atomic E-state index is 11.6. The van der Waals surface area contributed by atoms with E-state index in [1.165, 1.54) is 6.92 Å². The Kier molecular flexibility index (Phi) is 4.85. The van der Waals surface area contributed by atoms with Gasteiger partial charge in [-0.2, -0.15) is 0 Å². The van der Waals surface area contributed by atoms with Crippen molar-refractivity contribution < 1.29 is 9.59 Å². The fraction of sp³-hybridized carbons (Fsp3) is 0.273. The Morgan fingerprint density at radius 2 is 1.94 bits per heavy atom. The Morgan fingerprint density at radius 3 is 2.56 bits per heavy atom. The highest BCUT2D eigenvalue weighted by Crippen LogP contribution is 2.08. The number of nitrogens with one attached hydrogen (secondary N) is 2. The molecule has 0 heterocycles. The summed E-state index contributed by atoms with van der Waals surface area (Å²) >= 11 is 4.15. The molecule has 1 aromatic rings. The van der Waals surface area contributed by atoms with E-state index in [4.69, 9.17) is 0 Å². The van der Waals surface area contributed by atoms with E-state index in [9.17, 15) is 9.59 Å². The first-order valence-electron chi connectivity index (χ1n) is 4.91. The van der Waals surface area contributed by atoms with Crippen molar-refractivity contribution in [3.63, 3.8) is 0 Å². The predicted molar refractivity (Wildman–Crippen MR) is 64.7 cm³/mol. The first-order chi connectivity index (χ1) is 7.59. The summed E-state index contributed by atoms with van der Waals surface area (Å²) in [7, 11) is 0. The number of carbonyl (C=O) groups excluding carboxylic acids is 2. The molecule has 0 saturated carbocycles. The van der Waals surface area contributed by atoms with Gasteiger partial charge < -0.3 is 10.6 Å². The fourth-order valence-corrected chi connectivity index (χ4v) is 1.39. The number of hydrogen-bond acceptors (Lipinski definition) is 3. The zero-order valence-corrected chi connectivity index (χ0v) is 9.88. The molecule has 2 amide bonds. The molecular weight excluding hydrogens is 224 g/mol. The van der Waals surface area contributed by atoms with Crippen molar-refractivity contribution in [3.8, 4) is 0 Å². The number of amides is 2. The van der Waals surface area contributed by atoms with Crippen molar-refractivity contribution in [2.24, 2.45) is 0 Å². The number of benzene rings is 1. The molecular formula is C11H14N2O2S. The SMILES string of the molecule is CC(=O)NCCNC(=O)c1cccc(S)c1. The summed E-state index contributed by atoms with van der Waals surface area (Å²) in [5, 5.41) is 5.29. The van der Waals surface area contributed by atoms with Crippen LogP contribution in [0.1, 0.15) is 17.3 Å². The lowest BCUT2D eigenvalue weighted by Crippen LogP contribution is -2.33. The van der Waals surface area contributed by atoms with Gasteiger partial charge in [0.15, 0.2) is 0 Å². The number of carbonyl (C=O) groups is 2. The highest BCUT2D eigenvalue weighted by molar-refractivity contribution is 7.80. The van der Waals surface area contributed by atoms with Crippen LogP contribution in [-0.2, 0) is 4.79 Å². The second kappa shape index (κ2) is 6.17. The van der Waals surface area contributed by atoms with Crippen LogP contribution >= 0.6 is 12.6 Å². The zero-order valence-electron chi connectivity index (χ0n) is 8.99. The summed E-state index contributed by atoms with van der Waals surface area (Å²) in [4.78, 5) is 22.9. The third-order valence-electron chi connectivity index (χ3n) is 1.89. The molecule has 0 aliphatic rings. The summed E-state index contributed by atoms with van der Waals surface area (Å²) in [6, 6.07) is 6.98. The van der Waals surface area contributed by atoms with E-state index in [-0.39, 0.29) is 11.8 Å². The molecule has 0 saturated heterocycles. The summed E-state index contributed by atoms with van der Waals surface area (Å²) in [5.41, 5.74) is 0.565. The van der Waals surface area contributed by atoms with Gasteiger partial charge in [-0.15, -0.1) is 12.6 Å². The van der Waals surface area contributed by atoms with Crippen molar-refractivity contribution in [2.45, 2.75) is 11.8 Å². The molecule has 5 heteroatoms. The molecule has 0 unspecified atom stereocenters. The van der Waals surface area contributed by atoms with Crippen LogP contribution in [0, 0.1) is 0 Å². The topological polar surface area (TPSA) is 58.2 Å². The minimum Gasteiger partial charge on any atom is -0.355 e. The van der Waals surface area contributed by atoms with Gasteiger partial charge in [-0.05, 0) is 18.2 Å². The van der Waals surface area contributed by atoms with Gasteiger partial charge in [0.2, 0.25) is 5.91 Å². The molecule has 0 fully saturated rings. The van der Waals surface area contributed by atoms with Crippen molar-refractivity contribution in [2.75, 3.05) is 13.1 Å². The van der Waals surface area contributed by atoms with Crippen LogP contribution in [0.5, 0.6) is 0 Å². The van der Waals surface area contributed by atoms with Gasteiger partial charge in [-0.25, -0.2) is 0 Å². The van der Waals surface area contributed by atoms with E-state index in [0.717, 1.165) is 4.90 Å². The van der Waals surface area contributed by atoms with Gasteiger partial charge in [-0.3, -0.25) is 9.59 Å². The van der Waals surface area contributed by atoms with Gasteiger partial charge >= 0.3 is 0 Å². The average Bonchev–Trinajstić information content (AvgIpc) is 2.24. The smallest absolute Gasteiger partial charge is 0.251 e. The molecule has 1 aromatic carbocycles. The summed E-state index contributed by atoms with van der Waals surface area (Å²) < 4.78 is 0.